The molecule has 0 saturated carbocycles. The Balaban J connectivity index is 1.46. The number of aromatic nitrogens is 1. The number of aromatic hydroxyl groups is 1. The van der Waals surface area contributed by atoms with Crippen molar-refractivity contribution < 1.29 is 14.7 Å². The van der Waals surface area contributed by atoms with E-state index >= 15 is 0 Å². The highest BCUT2D eigenvalue weighted by atomic mass is 79.9. The third-order valence-corrected chi connectivity index (χ3v) is 6.67. The Bertz CT molecular complexity index is 947. The van der Waals surface area contributed by atoms with Crippen molar-refractivity contribution in [3.63, 3.8) is 0 Å². The SMILES string of the molecule is O=C(CCCCCN1C(=O)/C(=C/c2cc(Br)ccc2O)SC1=S)Nc1nccs1. The first-order valence-corrected chi connectivity index (χ1v) is 11.8. The number of phenols is 1. The van der Waals surface area contributed by atoms with Gasteiger partial charge in [-0.3, -0.25) is 14.5 Å². The second-order valence-corrected chi connectivity index (χ2v) is 9.72. The third-order valence-electron chi connectivity index (χ3n) is 4.11. The van der Waals surface area contributed by atoms with Gasteiger partial charge in [-0.2, -0.15) is 0 Å². The summed E-state index contributed by atoms with van der Waals surface area (Å²) in [6.07, 6.45) is 6.02. The maximum absolute atomic E-state index is 12.7. The van der Waals surface area contributed by atoms with E-state index in [0.717, 1.165) is 23.7 Å². The summed E-state index contributed by atoms with van der Waals surface area (Å²) in [5, 5.41) is 15.1. The number of carbonyl (C=O) groups excluding carboxylic acids is 2. The van der Waals surface area contributed by atoms with E-state index in [2.05, 4.69) is 26.2 Å². The molecule has 0 atom stereocenters. The zero-order chi connectivity index (χ0) is 20.8. The molecule has 1 aliphatic heterocycles. The number of amides is 2. The van der Waals surface area contributed by atoms with Gasteiger partial charge in [-0.05, 0) is 37.1 Å². The number of thiocarbonyl (C=S) groups is 1. The standard InChI is InChI=1S/C19H18BrN3O3S3/c20-13-5-6-14(24)12(10-13)11-15-17(26)23(19(27)29-15)8-3-1-2-4-16(25)22-18-21-7-9-28-18/h5-7,9-11,24H,1-4,8H2,(H,21,22,25)/b15-11-. The van der Waals surface area contributed by atoms with E-state index in [1.807, 2.05) is 5.38 Å². The van der Waals surface area contributed by atoms with Crippen LogP contribution < -0.4 is 5.32 Å². The molecule has 0 bridgehead atoms. The van der Waals surface area contributed by atoms with Crippen molar-refractivity contribution in [3.8, 4) is 5.75 Å². The van der Waals surface area contributed by atoms with Crippen LogP contribution in [-0.4, -0.2) is 37.7 Å². The van der Waals surface area contributed by atoms with Crippen molar-refractivity contribution in [2.24, 2.45) is 0 Å². The van der Waals surface area contributed by atoms with E-state index in [9.17, 15) is 14.7 Å². The molecule has 1 aliphatic rings. The fraction of sp³-hybridized carbons (Fsp3) is 0.263. The van der Waals surface area contributed by atoms with Crippen molar-refractivity contribution in [1.29, 1.82) is 0 Å². The van der Waals surface area contributed by atoms with Crippen molar-refractivity contribution in [3.05, 3.63) is 44.7 Å². The normalized spacial score (nSPS) is 15.3. The molecule has 6 nitrogen and oxygen atoms in total. The Labute approximate surface area is 190 Å². The molecule has 2 amide bonds. The molecule has 0 aliphatic carbocycles. The van der Waals surface area contributed by atoms with Gasteiger partial charge >= 0.3 is 0 Å². The lowest BCUT2D eigenvalue weighted by atomic mass is 10.1. The molecule has 1 fully saturated rings. The number of rotatable bonds is 8. The Morgan fingerprint density at radius 1 is 1.34 bits per heavy atom. The molecule has 0 radical (unpaired) electrons. The van der Waals surface area contributed by atoms with Crippen LogP contribution in [-0.2, 0) is 9.59 Å². The maximum Gasteiger partial charge on any atom is 0.266 e. The van der Waals surface area contributed by atoms with E-state index in [1.54, 1.807) is 35.4 Å². The number of halogens is 1. The van der Waals surface area contributed by atoms with Crippen molar-refractivity contribution in [2.45, 2.75) is 25.7 Å². The average molecular weight is 512 g/mol. The Kier molecular flexibility index (Phi) is 7.82. The molecule has 2 N–H and O–H groups in total. The number of benzene rings is 1. The summed E-state index contributed by atoms with van der Waals surface area (Å²) in [5.41, 5.74) is 0.561. The van der Waals surface area contributed by atoms with Gasteiger partial charge in [0.2, 0.25) is 5.91 Å². The first kappa shape index (κ1) is 21.9. The van der Waals surface area contributed by atoms with E-state index < -0.39 is 0 Å². The van der Waals surface area contributed by atoms with E-state index in [-0.39, 0.29) is 17.6 Å². The van der Waals surface area contributed by atoms with Crippen molar-refractivity contribution in [2.75, 3.05) is 11.9 Å². The number of hydrogen-bond donors (Lipinski definition) is 2. The summed E-state index contributed by atoms with van der Waals surface area (Å²) < 4.78 is 1.33. The largest absolute Gasteiger partial charge is 0.507 e. The monoisotopic (exact) mass is 511 g/mol. The highest BCUT2D eigenvalue weighted by Gasteiger charge is 2.31. The minimum Gasteiger partial charge on any atom is -0.507 e. The maximum atomic E-state index is 12.7. The lowest BCUT2D eigenvalue weighted by molar-refractivity contribution is -0.122. The topological polar surface area (TPSA) is 82.5 Å². The van der Waals surface area contributed by atoms with Crippen molar-refractivity contribution in [1.82, 2.24) is 9.88 Å². The average Bonchev–Trinajstić information content (AvgIpc) is 3.27. The number of carbonyl (C=O) groups is 2. The second-order valence-electron chi connectivity index (χ2n) is 6.23. The molecule has 3 rings (SSSR count). The van der Waals surface area contributed by atoms with Crippen LogP contribution in [0.4, 0.5) is 5.13 Å². The molecule has 1 aromatic carbocycles. The fourth-order valence-corrected chi connectivity index (χ4v) is 4.90. The Morgan fingerprint density at radius 3 is 2.93 bits per heavy atom. The first-order chi connectivity index (χ1) is 13.9. The highest BCUT2D eigenvalue weighted by Crippen LogP contribution is 2.35. The van der Waals surface area contributed by atoms with Gasteiger partial charge in [0.15, 0.2) is 5.13 Å². The zero-order valence-corrected chi connectivity index (χ0v) is 19.3. The molecule has 0 unspecified atom stereocenters. The molecule has 152 valence electrons. The third kappa shape index (κ3) is 6.11. The number of anilines is 1. The van der Waals surface area contributed by atoms with Crippen LogP contribution in [0.5, 0.6) is 5.75 Å². The van der Waals surface area contributed by atoms with Gasteiger partial charge < -0.3 is 10.4 Å². The molecular weight excluding hydrogens is 494 g/mol. The fourth-order valence-electron chi connectivity index (χ4n) is 2.67. The summed E-state index contributed by atoms with van der Waals surface area (Å²) in [4.78, 5) is 30.6. The van der Waals surface area contributed by atoms with Gasteiger partial charge in [-0.25, -0.2) is 4.98 Å². The molecule has 2 heterocycles. The van der Waals surface area contributed by atoms with Crippen LogP contribution in [0.15, 0.2) is 39.2 Å². The summed E-state index contributed by atoms with van der Waals surface area (Å²) in [6.45, 7) is 0.514. The molecule has 29 heavy (non-hydrogen) atoms. The summed E-state index contributed by atoms with van der Waals surface area (Å²) in [7, 11) is 0. The van der Waals surface area contributed by atoms with E-state index in [1.165, 1.54) is 23.1 Å². The van der Waals surface area contributed by atoms with Crippen LogP contribution in [0.1, 0.15) is 31.2 Å². The van der Waals surface area contributed by atoms with Gasteiger partial charge in [-0.15, -0.1) is 11.3 Å². The number of thioether (sulfide) groups is 1. The predicted octanol–water partition coefficient (Wildman–Crippen LogP) is 5.01. The van der Waals surface area contributed by atoms with Crippen LogP contribution in [0.2, 0.25) is 0 Å². The van der Waals surface area contributed by atoms with Crippen LogP contribution >= 0.6 is 51.2 Å². The van der Waals surface area contributed by atoms with E-state index in [4.69, 9.17) is 12.2 Å². The molecule has 10 heteroatoms. The zero-order valence-electron chi connectivity index (χ0n) is 15.3. The molecular formula is C19H18BrN3O3S3. The number of unbranched alkanes of at least 4 members (excludes halogenated alkanes) is 2. The number of phenolic OH excluding ortho intramolecular Hbond substituents is 1. The lowest BCUT2D eigenvalue weighted by Gasteiger charge is -2.14. The minimum atomic E-state index is -0.152. The molecule has 2 aromatic rings. The Morgan fingerprint density at radius 2 is 2.17 bits per heavy atom. The minimum absolute atomic E-state index is 0.0534. The van der Waals surface area contributed by atoms with Crippen LogP contribution in [0.25, 0.3) is 6.08 Å². The van der Waals surface area contributed by atoms with Gasteiger partial charge in [0.1, 0.15) is 10.1 Å². The quantitative estimate of drug-likeness (QED) is 0.294. The van der Waals surface area contributed by atoms with Gasteiger partial charge in [0.25, 0.3) is 5.91 Å². The molecule has 1 aromatic heterocycles. The molecule has 1 saturated heterocycles. The number of nitrogens with zero attached hydrogens (tertiary/aromatic N) is 2. The predicted molar refractivity (Wildman–Crippen MR) is 125 cm³/mol. The van der Waals surface area contributed by atoms with Crippen LogP contribution in [0, 0.1) is 0 Å². The second kappa shape index (κ2) is 10.3. The first-order valence-electron chi connectivity index (χ1n) is 8.87. The smallest absolute Gasteiger partial charge is 0.266 e. The van der Waals surface area contributed by atoms with Crippen molar-refractivity contribution >= 4 is 78.6 Å². The molecule has 0 spiro atoms. The number of thiazole rings is 1. The summed E-state index contributed by atoms with van der Waals surface area (Å²) >= 11 is 11.3. The summed E-state index contributed by atoms with van der Waals surface area (Å²) in [6, 6.07) is 5.05. The van der Waals surface area contributed by atoms with E-state index in [0.29, 0.717) is 32.9 Å². The summed E-state index contributed by atoms with van der Waals surface area (Å²) in [5.74, 6) is -0.0993. The highest BCUT2D eigenvalue weighted by molar-refractivity contribution is 9.10. The Hall–Kier alpha value is -1.75. The lowest BCUT2D eigenvalue weighted by Crippen LogP contribution is -2.29. The van der Waals surface area contributed by atoms with Crippen LogP contribution in [0.3, 0.4) is 0 Å². The van der Waals surface area contributed by atoms with Gasteiger partial charge in [-0.1, -0.05) is 46.3 Å². The number of hydrogen-bond acceptors (Lipinski definition) is 7. The van der Waals surface area contributed by atoms with Gasteiger partial charge in [0, 0.05) is 34.6 Å². The van der Waals surface area contributed by atoms with Gasteiger partial charge in [0.05, 0.1) is 4.91 Å². The number of nitrogens with one attached hydrogen (secondary N) is 1.